The molecule has 1 fully saturated rings. The molecule has 5 rings (SSSR count). The first kappa shape index (κ1) is 21.9. The van der Waals surface area contributed by atoms with Crippen LogP contribution in [-0.2, 0) is 22.7 Å². The van der Waals surface area contributed by atoms with E-state index in [4.69, 9.17) is 4.42 Å². The maximum Gasteiger partial charge on any atom is 0.251 e. The number of nitrogens with zero attached hydrogens (tertiary/aromatic N) is 2. The average molecular weight is 459 g/mol. The van der Waals surface area contributed by atoms with Crippen LogP contribution in [0.15, 0.2) is 71.3 Å². The van der Waals surface area contributed by atoms with E-state index in [1.807, 2.05) is 59.5 Å². The normalized spacial score (nSPS) is 15.1. The minimum Gasteiger partial charge on any atom is -0.468 e. The van der Waals surface area contributed by atoms with E-state index in [-0.39, 0.29) is 30.8 Å². The Hall–Kier alpha value is -3.91. The zero-order chi connectivity index (χ0) is 23.5. The van der Waals surface area contributed by atoms with Crippen LogP contribution in [0.25, 0.3) is 0 Å². The van der Waals surface area contributed by atoms with Crippen LogP contribution in [-0.4, -0.2) is 41.8 Å². The minimum atomic E-state index is -0.218. The SMILES string of the molecule is O=C1CN(C(=O)CN(Cc2ccc(C(=O)NC3CC3)cc2)Cc2ccco2)c2ccccc2N1. The lowest BCUT2D eigenvalue weighted by atomic mass is 10.1. The molecule has 0 atom stereocenters. The summed E-state index contributed by atoms with van der Waals surface area (Å²) >= 11 is 0. The fourth-order valence-electron chi connectivity index (χ4n) is 4.04. The third kappa shape index (κ3) is 5.18. The lowest BCUT2D eigenvalue weighted by Crippen LogP contribution is -2.46. The van der Waals surface area contributed by atoms with Crippen molar-refractivity contribution in [3.63, 3.8) is 0 Å². The molecular weight excluding hydrogens is 432 g/mol. The summed E-state index contributed by atoms with van der Waals surface area (Å²) in [6, 6.07) is 18.7. The van der Waals surface area contributed by atoms with Gasteiger partial charge in [0.25, 0.3) is 5.91 Å². The van der Waals surface area contributed by atoms with Crippen molar-refractivity contribution in [2.24, 2.45) is 0 Å². The van der Waals surface area contributed by atoms with E-state index in [0.29, 0.717) is 36.1 Å². The predicted molar refractivity (Wildman–Crippen MR) is 127 cm³/mol. The number of furan rings is 1. The number of hydrogen-bond acceptors (Lipinski definition) is 5. The maximum atomic E-state index is 13.3. The van der Waals surface area contributed by atoms with Gasteiger partial charge >= 0.3 is 0 Å². The second kappa shape index (κ2) is 9.52. The van der Waals surface area contributed by atoms with Gasteiger partial charge in [-0.1, -0.05) is 24.3 Å². The number of fused-ring (bicyclic) bond motifs is 1. The molecular formula is C26H26N4O4. The van der Waals surface area contributed by atoms with Gasteiger partial charge in [0.05, 0.1) is 30.7 Å². The smallest absolute Gasteiger partial charge is 0.251 e. The number of carbonyl (C=O) groups excluding carboxylic acids is 3. The van der Waals surface area contributed by atoms with Gasteiger partial charge in [0, 0.05) is 18.2 Å². The van der Waals surface area contributed by atoms with Crippen molar-refractivity contribution in [1.29, 1.82) is 0 Å². The van der Waals surface area contributed by atoms with Crippen molar-refractivity contribution in [3.05, 3.63) is 83.8 Å². The summed E-state index contributed by atoms with van der Waals surface area (Å²) in [4.78, 5) is 41.2. The van der Waals surface area contributed by atoms with Crippen molar-refractivity contribution in [3.8, 4) is 0 Å². The fraction of sp³-hybridized carbons (Fsp3) is 0.269. The van der Waals surface area contributed by atoms with Crippen LogP contribution in [0.5, 0.6) is 0 Å². The van der Waals surface area contributed by atoms with Gasteiger partial charge in [-0.3, -0.25) is 24.2 Å². The highest BCUT2D eigenvalue weighted by Gasteiger charge is 2.28. The van der Waals surface area contributed by atoms with Gasteiger partial charge in [0.15, 0.2) is 0 Å². The van der Waals surface area contributed by atoms with Crippen LogP contribution in [0.1, 0.15) is 34.5 Å². The van der Waals surface area contributed by atoms with Crippen molar-refractivity contribution in [2.45, 2.75) is 32.0 Å². The monoisotopic (exact) mass is 458 g/mol. The van der Waals surface area contributed by atoms with Crippen molar-refractivity contribution in [1.82, 2.24) is 10.2 Å². The van der Waals surface area contributed by atoms with E-state index in [0.717, 1.165) is 24.2 Å². The second-order valence-corrected chi connectivity index (χ2v) is 8.71. The zero-order valence-electron chi connectivity index (χ0n) is 18.7. The Balaban J connectivity index is 1.31. The van der Waals surface area contributed by atoms with Gasteiger partial charge in [0.2, 0.25) is 11.8 Å². The van der Waals surface area contributed by atoms with Crippen LogP contribution in [0.4, 0.5) is 11.4 Å². The first-order valence-corrected chi connectivity index (χ1v) is 11.4. The molecule has 0 spiro atoms. The maximum absolute atomic E-state index is 13.3. The molecule has 2 aromatic carbocycles. The van der Waals surface area contributed by atoms with Crippen molar-refractivity contribution in [2.75, 3.05) is 23.3 Å². The Bertz CT molecular complexity index is 1190. The third-order valence-corrected chi connectivity index (χ3v) is 5.92. The Labute approximate surface area is 197 Å². The topological polar surface area (TPSA) is 94.9 Å². The van der Waals surface area contributed by atoms with E-state index < -0.39 is 0 Å². The van der Waals surface area contributed by atoms with Crippen LogP contribution >= 0.6 is 0 Å². The van der Waals surface area contributed by atoms with Crippen LogP contribution in [0.3, 0.4) is 0 Å². The summed E-state index contributed by atoms with van der Waals surface area (Å²) in [5.74, 6) is 0.294. The number of amides is 3. The summed E-state index contributed by atoms with van der Waals surface area (Å²) in [5.41, 5.74) is 2.92. The lowest BCUT2D eigenvalue weighted by Gasteiger charge is -2.31. The minimum absolute atomic E-state index is 0.0186. The zero-order valence-corrected chi connectivity index (χ0v) is 18.7. The molecule has 0 bridgehead atoms. The number of hydrogen-bond donors (Lipinski definition) is 2. The van der Waals surface area contributed by atoms with E-state index in [9.17, 15) is 14.4 Å². The van der Waals surface area contributed by atoms with Crippen LogP contribution in [0, 0.1) is 0 Å². The standard InChI is InChI=1S/C26H26N4O4/c31-24-16-30(23-6-2-1-5-22(23)28-24)25(32)17-29(15-21-4-3-13-34-21)14-18-7-9-19(10-8-18)26(33)27-20-11-12-20/h1-10,13,20H,11-12,14-17H2,(H,27,33)(H,28,31). The Kier molecular flexibility index (Phi) is 6.14. The van der Waals surface area contributed by atoms with E-state index in [2.05, 4.69) is 10.6 Å². The molecule has 3 amide bonds. The fourth-order valence-corrected chi connectivity index (χ4v) is 4.04. The molecule has 0 radical (unpaired) electrons. The molecule has 1 aromatic heterocycles. The Morgan fingerprint density at radius 3 is 2.56 bits per heavy atom. The molecule has 8 heteroatoms. The molecule has 2 N–H and O–H groups in total. The lowest BCUT2D eigenvalue weighted by molar-refractivity contribution is -0.123. The Morgan fingerprint density at radius 1 is 1.03 bits per heavy atom. The summed E-state index contributed by atoms with van der Waals surface area (Å²) in [6.07, 6.45) is 3.69. The second-order valence-electron chi connectivity index (χ2n) is 8.71. The van der Waals surface area contributed by atoms with Gasteiger partial charge in [-0.2, -0.15) is 0 Å². The highest BCUT2D eigenvalue weighted by molar-refractivity contribution is 6.10. The molecule has 1 aliphatic carbocycles. The highest BCUT2D eigenvalue weighted by Crippen LogP contribution is 2.29. The Morgan fingerprint density at radius 2 is 1.82 bits per heavy atom. The van der Waals surface area contributed by atoms with Gasteiger partial charge in [0.1, 0.15) is 12.3 Å². The van der Waals surface area contributed by atoms with Gasteiger partial charge in [-0.05, 0) is 54.8 Å². The number of nitrogens with one attached hydrogen (secondary N) is 2. The molecule has 1 saturated carbocycles. The summed E-state index contributed by atoms with van der Waals surface area (Å²) in [7, 11) is 0. The first-order valence-electron chi connectivity index (χ1n) is 11.4. The summed E-state index contributed by atoms with van der Waals surface area (Å²) in [6.45, 7) is 1.00. The van der Waals surface area contributed by atoms with Gasteiger partial charge in [-0.25, -0.2) is 0 Å². The van der Waals surface area contributed by atoms with E-state index in [1.165, 1.54) is 4.90 Å². The summed E-state index contributed by atoms with van der Waals surface area (Å²) < 4.78 is 5.51. The summed E-state index contributed by atoms with van der Waals surface area (Å²) in [5, 5.41) is 5.80. The predicted octanol–water partition coefficient (Wildman–Crippen LogP) is 3.16. The average Bonchev–Trinajstić information content (AvgIpc) is 3.50. The molecule has 8 nitrogen and oxygen atoms in total. The molecule has 34 heavy (non-hydrogen) atoms. The quantitative estimate of drug-likeness (QED) is 0.541. The van der Waals surface area contributed by atoms with Crippen LogP contribution < -0.4 is 15.5 Å². The third-order valence-electron chi connectivity index (χ3n) is 5.92. The van der Waals surface area contributed by atoms with E-state index >= 15 is 0 Å². The van der Waals surface area contributed by atoms with Crippen LogP contribution in [0.2, 0.25) is 0 Å². The highest BCUT2D eigenvalue weighted by atomic mass is 16.3. The number of benzene rings is 2. The molecule has 1 aliphatic heterocycles. The molecule has 3 aromatic rings. The largest absolute Gasteiger partial charge is 0.468 e. The van der Waals surface area contributed by atoms with Gasteiger partial charge < -0.3 is 15.1 Å². The molecule has 2 heterocycles. The molecule has 0 unspecified atom stereocenters. The van der Waals surface area contributed by atoms with E-state index in [1.54, 1.807) is 12.3 Å². The number of carbonyl (C=O) groups is 3. The number of rotatable bonds is 8. The van der Waals surface area contributed by atoms with Crippen molar-refractivity contribution >= 4 is 29.1 Å². The molecule has 0 saturated heterocycles. The molecule has 2 aliphatic rings. The van der Waals surface area contributed by atoms with Gasteiger partial charge in [-0.15, -0.1) is 0 Å². The first-order chi connectivity index (χ1) is 16.5. The molecule has 174 valence electrons. The van der Waals surface area contributed by atoms with Crippen molar-refractivity contribution < 1.29 is 18.8 Å². The number of para-hydroxylation sites is 2. The number of anilines is 2.